The van der Waals surface area contributed by atoms with Crippen LogP contribution in [0.3, 0.4) is 0 Å². The summed E-state index contributed by atoms with van der Waals surface area (Å²) in [5.41, 5.74) is 13.6. The summed E-state index contributed by atoms with van der Waals surface area (Å²) >= 11 is 6.08. The number of amides is 2. The van der Waals surface area contributed by atoms with Crippen molar-refractivity contribution in [3.05, 3.63) is 64.4 Å². The minimum absolute atomic E-state index is 0.207. The van der Waals surface area contributed by atoms with Gasteiger partial charge in [0.15, 0.2) is 0 Å². The van der Waals surface area contributed by atoms with Gasteiger partial charge in [0.2, 0.25) is 11.8 Å². The molecule has 7 nitrogen and oxygen atoms in total. The fourth-order valence-corrected chi connectivity index (χ4v) is 4.10. The first-order valence-electron chi connectivity index (χ1n) is 10.1. The van der Waals surface area contributed by atoms with Crippen molar-refractivity contribution in [2.75, 3.05) is 6.54 Å². The van der Waals surface area contributed by atoms with Gasteiger partial charge in [0, 0.05) is 43.0 Å². The summed E-state index contributed by atoms with van der Waals surface area (Å²) in [5, 5.41) is 3.54. The van der Waals surface area contributed by atoms with Gasteiger partial charge in [-0.05, 0) is 55.2 Å². The number of hydrogen-bond donors (Lipinski definition) is 3. The van der Waals surface area contributed by atoms with Gasteiger partial charge in [-0.15, -0.1) is 0 Å². The third kappa shape index (κ3) is 4.80. The van der Waals surface area contributed by atoms with Crippen molar-refractivity contribution in [2.45, 2.75) is 50.9 Å². The molecule has 2 atom stereocenters. The molecule has 0 radical (unpaired) electrons. The molecule has 0 aliphatic carbocycles. The van der Waals surface area contributed by atoms with Gasteiger partial charge in [0.25, 0.3) is 0 Å². The summed E-state index contributed by atoms with van der Waals surface area (Å²) in [4.78, 5) is 32.0. The number of rotatable bonds is 7. The lowest BCUT2D eigenvalue weighted by molar-refractivity contribution is -0.145. The Morgan fingerprint density at radius 1 is 1.30 bits per heavy atom. The largest absolute Gasteiger partial charge is 0.350 e. The Morgan fingerprint density at radius 2 is 2.10 bits per heavy atom. The van der Waals surface area contributed by atoms with Crippen LogP contribution < -0.4 is 16.8 Å². The van der Waals surface area contributed by atoms with Crippen molar-refractivity contribution in [3.8, 4) is 0 Å². The first kappa shape index (κ1) is 22.2. The van der Waals surface area contributed by atoms with E-state index in [9.17, 15) is 9.59 Å². The molecule has 3 rings (SSSR count). The molecular formula is C22H28ClN5O2. The van der Waals surface area contributed by atoms with Gasteiger partial charge < -0.3 is 21.7 Å². The van der Waals surface area contributed by atoms with Gasteiger partial charge in [-0.3, -0.25) is 14.6 Å². The first-order valence-corrected chi connectivity index (χ1v) is 10.5. The molecule has 8 heteroatoms. The second kappa shape index (κ2) is 9.55. The summed E-state index contributed by atoms with van der Waals surface area (Å²) in [6, 6.07) is 10.2. The van der Waals surface area contributed by atoms with Crippen LogP contribution in [0.25, 0.3) is 0 Å². The Hall–Kier alpha value is -2.48. The molecule has 1 unspecified atom stereocenters. The smallest absolute Gasteiger partial charge is 0.245 e. The SMILES string of the molecule is CC1(C(=O)NCc2cc(Cl)ccc2CN)CCCN1C(=O)[C@@H](N)Cc1ccccn1. The lowest BCUT2D eigenvalue weighted by Crippen LogP contribution is -2.58. The Labute approximate surface area is 181 Å². The van der Waals surface area contributed by atoms with E-state index in [-0.39, 0.29) is 11.8 Å². The van der Waals surface area contributed by atoms with Crippen molar-refractivity contribution in [3.63, 3.8) is 0 Å². The van der Waals surface area contributed by atoms with E-state index in [0.29, 0.717) is 37.5 Å². The third-order valence-corrected chi connectivity index (χ3v) is 5.93. The average Bonchev–Trinajstić information content (AvgIpc) is 3.15. The molecule has 1 aromatic carbocycles. The van der Waals surface area contributed by atoms with Gasteiger partial charge in [-0.2, -0.15) is 0 Å². The van der Waals surface area contributed by atoms with Gasteiger partial charge in [0.05, 0.1) is 6.04 Å². The van der Waals surface area contributed by atoms with Gasteiger partial charge in [-0.25, -0.2) is 0 Å². The van der Waals surface area contributed by atoms with Gasteiger partial charge in [-0.1, -0.05) is 23.7 Å². The zero-order valence-corrected chi connectivity index (χ0v) is 17.9. The van der Waals surface area contributed by atoms with E-state index >= 15 is 0 Å². The molecule has 1 fully saturated rings. The Balaban J connectivity index is 1.68. The molecule has 0 bridgehead atoms. The monoisotopic (exact) mass is 429 g/mol. The molecular weight excluding hydrogens is 402 g/mol. The Bertz CT molecular complexity index is 908. The molecule has 1 aromatic heterocycles. The fraction of sp³-hybridized carbons (Fsp3) is 0.409. The molecule has 2 amide bonds. The summed E-state index contributed by atoms with van der Waals surface area (Å²) < 4.78 is 0. The van der Waals surface area contributed by atoms with Crippen molar-refractivity contribution >= 4 is 23.4 Å². The van der Waals surface area contributed by atoms with Crippen LogP contribution in [-0.2, 0) is 29.1 Å². The molecule has 5 N–H and O–H groups in total. The van der Waals surface area contributed by atoms with E-state index in [1.807, 2.05) is 24.3 Å². The molecule has 30 heavy (non-hydrogen) atoms. The number of halogens is 1. The highest BCUT2D eigenvalue weighted by Gasteiger charge is 2.46. The molecule has 0 saturated carbocycles. The molecule has 2 heterocycles. The third-order valence-electron chi connectivity index (χ3n) is 5.70. The highest BCUT2D eigenvalue weighted by Crippen LogP contribution is 2.30. The maximum absolute atomic E-state index is 13.1. The summed E-state index contributed by atoms with van der Waals surface area (Å²) in [6.07, 6.45) is 3.33. The number of aromatic nitrogens is 1. The molecule has 1 aliphatic heterocycles. The molecule has 160 valence electrons. The number of hydrogen-bond acceptors (Lipinski definition) is 5. The Kier molecular flexibility index (Phi) is 7.07. The van der Waals surface area contributed by atoms with E-state index < -0.39 is 11.6 Å². The summed E-state index contributed by atoms with van der Waals surface area (Å²) in [7, 11) is 0. The van der Waals surface area contributed by atoms with E-state index in [4.69, 9.17) is 23.1 Å². The summed E-state index contributed by atoms with van der Waals surface area (Å²) in [6.45, 7) is 2.95. The first-order chi connectivity index (χ1) is 14.3. The maximum Gasteiger partial charge on any atom is 0.245 e. The predicted octanol–water partition coefficient (Wildman–Crippen LogP) is 1.76. The van der Waals surface area contributed by atoms with Crippen molar-refractivity contribution in [1.82, 2.24) is 15.2 Å². The van der Waals surface area contributed by atoms with E-state index in [0.717, 1.165) is 23.2 Å². The zero-order valence-electron chi connectivity index (χ0n) is 17.1. The standard InChI is InChI=1S/C22H28ClN5O2/c1-22(21(30)27-14-16-11-17(23)7-6-15(16)13-24)8-4-10-28(22)20(29)19(25)12-18-5-2-3-9-26-18/h2-3,5-7,9,11,19H,4,8,10,12-14,24-25H2,1H3,(H,27,30)/t19-,22?/m0/s1. The molecule has 1 aliphatic rings. The number of nitrogens with one attached hydrogen (secondary N) is 1. The van der Waals surface area contributed by atoms with Crippen LogP contribution in [0, 0.1) is 0 Å². The predicted molar refractivity (Wildman–Crippen MR) is 116 cm³/mol. The fourth-order valence-electron chi connectivity index (χ4n) is 3.91. The number of benzene rings is 1. The van der Waals surface area contributed by atoms with Gasteiger partial charge in [0.1, 0.15) is 5.54 Å². The van der Waals surface area contributed by atoms with Crippen molar-refractivity contribution < 1.29 is 9.59 Å². The normalized spacial score (nSPS) is 19.5. The number of carbonyl (C=O) groups is 2. The zero-order chi connectivity index (χ0) is 21.7. The minimum Gasteiger partial charge on any atom is -0.350 e. The topological polar surface area (TPSA) is 114 Å². The number of carbonyl (C=O) groups excluding carboxylic acids is 2. The second-order valence-corrected chi connectivity index (χ2v) is 8.24. The van der Waals surface area contributed by atoms with Crippen LogP contribution in [0.2, 0.25) is 5.02 Å². The molecule has 2 aromatic rings. The van der Waals surface area contributed by atoms with Crippen LogP contribution in [-0.4, -0.2) is 39.8 Å². The number of nitrogens with two attached hydrogens (primary N) is 2. The molecule has 0 spiro atoms. The number of likely N-dealkylation sites (tertiary alicyclic amines) is 1. The van der Waals surface area contributed by atoms with Crippen LogP contribution in [0.15, 0.2) is 42.6 Å². The van der Waals surface area contributed by atoms with Crippen molar-refractivity contribution in [2.24, 2.45) is 11.5 Å². The minimum atomic E-state index is -0.944. The quantitative estimate of drug-likeness (QED) is 0.620. The summed E-state index contributed by atoms with van der Waals surface area (Å²) in [5.74, 6) is -0.442. The van der Waals surface area contributed by atoms with Gasteiger partial charge >= 0.3 is 0 Å². The highest BCUT2D eigenvalue weighted by molar-refractivity contribution is 6.30. The van der Waals surface area contributed by atoms with Crippen LogP contribution in [0.4, 0.5) is 0 Å². The maximum atomic E-state index is 13.1. The lowest BCUT2D eigenvalue weighted by atomic mass is 9.96. The van der Waals surface area contributed by atoms with Crippen LogP contribution >= 0.6 is 11.6 Å². The van der Waals surface area contributed by atoms with Crippen LogP contribution in [0.1, 0.15) is 36.6 Å². The second-order valence-electron chi connectivity index (χ2n) is 7.80. The number of nitrogens with zero attached hydrogens (tertiary/aromatic N) is 2. The Morgan fingerprint density at radius 3 is 2.80 bits per heavy atom. The number of pyridine rings is 1. The molecule has 1 saturated heterocycles. The average molecular weight is 430 g/mol. The van der Waals surface area contributed by atoms with Crippen LogP contribution in [0.5, 0.6) is 0 Å². The highest BCUT2D eigenvalue weighted by atomic mass is 35.5. The van der Waals surface area contributed by atoms with E-state index in [1.54, 1.807) is 30.2 Å². The van der Waals surface area contributed by atoms with E-state index in [2.05, 4.69) is 10.3 Å². The lowest BCUT2D eigenvalue weighted by Gasteiger charge is -2.35. The van der Waals surface area contributed by atoms with Crippen molar-refractivity contribution in [1.29, 1.82) is 0 Å². The van der Waals surface area contributed by atoms with E-state index in [1.165, 1.54) is 0 Å².